The maximum atomic E-state index is 11.3. The lowest BCUT2D eigenvalue weighted by molar-refractivity contribution is -0.187. The predicted octanol–water partition coefficient (Wildman–Crippen LogP) is 2.33. The fourth-order valence-electron chi connectivity index (χ4n) is 1.92. The van der Waals surface area contributed by atoms with Gasteiger partial charge in [-0.2, -0.15) is 0 Å². The number of aliphatic hydroxyl groups is 2. The van der Waals surface area contributed by atoms with Crippen molar-refractivity contribution in [2.75, 3.05) is 6.54 Å². The molecule has 0 unspecified atom stereocenters. The highest BCUT2D eigenvalue weighted by Gasteiger charge is 2.31. The Morgan fingerprint density at radius 3 is 1.94 bits per heavy atom. The van der Waals surface area contributed by atoms with Gasteiger partial charge in [0.05, 0.1) is 0 Å². The second kappa shape index (κ2) is 10.3. The molecule has 0 aromatic rings. The lowest BCUT2D eigenvalue weighted by Crippen LogP contribution is -2.46. The monoisotopic (exact) mass is 259 g/mol. The first-order valence-corrected chi connectivity index (χ1v) is 7.27. The van der Waals surface area contributed by atoms with Crippen LogP contribution in [0.2, 0.25) is 0 Å². The number of carbonyl (C=O) groups is 1. The summed E-state index contributed by atoms with van der Waals surface area (Å²) in [5.74, 6) is -2.88. The molecule has 3 N–H and O–H groups in total. The number of hydrogen-bond donors (Lipinski definition) is 3. The minimum Gasteiger partial charge on any atom is -0.358 e. The third-order valence-corrected chi connectivity index (χ3v) is 3.08. The minimum absolute atomic E-state index is 0.119. The van der Waals surface area contributed by atoms with E-state index in [1.165, 1.54) is 32.1 Å². The van der Waals surface area contributed by atoms with Gasteiger partial charge in [0.1, 0.15) is 0 Å². The molecule has 0 aliphatic heterocycles. The molecule has 0 saturated heterocycles. The number of carbonyl (C=O) groups excluding carboxylic acids is 1. The Morgan fingerprint density at radius 1 is 0.944 bits per heavy atom. The molecule has 0 atom stereocenters. The van der Waals surface area contributed by atoms with Gasteiger partial charge in [-0.3, -0.25) is 4.79 Å². The lowest BCUT2D eigenvalue weighted by Gasteiger charge is -2.20. The second-order valence-corrected chi connectivity index (χ2v) is 4.90. The molecule has 0 aliphatic carbocycles. The quantitative estimate of drug-likeness (QED) is 0.394. The lowest BCUT2D eigenvalue weighted by atomic mass is 10.0. The van der Waals surface area contributed by atoms with Gasteiger partial charge in [-0.15, -0.1) is 0 Å². The van der Waals surface area contributed by atoms with Crippen LogP contribution < -0.4 is 5.32 Å². The highest BCUT2D eigenvalue weighted by Crippen LogP contribution is 2.14. The van der Waals surface area contributed by atoms with Gasteiger partial charge >= 0.3 is 0 Å². The van der Waals surface area contributed by atoms with Crippen molar-refractivity contribution in [1.29, 1.82) is 0 Å². The third kappa shape index (κ3) is 8.48. The van der Waals surface area contributed by atoms with Gasteiger partial charge in [0.25, 0.3) is 5.91 Å². The molecule has 1 amide bonds. The average molecular weight is 259 g/mol. The summed E-state index contributed by atoms with van der Waals surface area (Å²) in [5, 5.41) is 21.5. The van der Waals surface area contributed by atoms with Gasteiger partial charge in [-0.1, -0.05) is 51.9 Å². The van der Waals surface area contributed by atoms with Crippen molar-refractivity contribution in [3.63, 3.8) is 0 Å². The van der Waals surface area contributed by atoms with Gasteiger partial charge in [-0.05, 0) is 13.3 Å². The number of rotatable bonds is 11. The average Bonchev–Trinajstić information content (AvgIpc) is 2.33. The molecule has 0 aromatic carbocycles. The zero-order chi connectivity index (χ0) is 13.9. The van der Waals surface area contributed by atoms with E-state index in [9.17, 15) is 15.0 Å². The molecule has 0 saturated carbocycles. The Kier molecular flexibility index (Phi) is 9.98. The molecule has 0 rings (SSSR count). The van der Waals surface area contributed by atoms with Crippen LogP contribution in [0.5, 0.6) is 0 Å². The summed E-state index contributed by atoms with van der Waals surface area (Å²) in [6.45, 7) is 4.37. The Labute approximate surface area is 111 Å². The maximum absolute atomic E-state index is 11.3. The molecule has 0 aliphatic rings. The number of hydrogen-bond acceptors (Lipinski definition) is 3. The van der Waals surface area contributed by atoms with Crippen LogP contribution in [0, 0.1) is 0 Å². The molecule has 0 bridgehead atoms. The summed E-state index contributed by atoms with van der Waals surface area (Å²) in [4.78, 5) is 11.3. The molecule has 4 heteroatoms. The van der Waals surface area contributed by atoms with Crippen LogP contribution in [0.15, 0.2) is 0 Å². The van der Waals surface area contributed by atoms with Gasteiger partial charge in [0.15, 0.2) is 0 Å². The smallest absolute Gasteiger partial charge is 0.279 e. The van der Waals surface area contributed by atoms with Crippen LogP contribution in [-0.2, 0) is 4.79 Å². The molecule has 18 heavy (non-hydrogen) atoms. The van der Waals surface area contributed by atoms with Crippen molar-refractivity contribution >= 4 is 5.91 Å². The van der Waals surface area contributed by atoms with E-state index in [4.69, 9.17) is 0 Å². The fraction of sp³-hybridized carbons (Fsp3) is 0.929. The van der Waals surface area contributed by atoms with Crippen molar-refractivity contribution in [3.05, 3.63) is 0 Å². The Hall–Kier alpha value is -0.610. The number of nitrogens with one attached hydrogen (secondary N) is 1. The van der Waals surface area contributed by atoms with Crippen molar-refractivity contribution in [2.24, 2.45) is 0 Å². The van der Waals surface area contributed by atoms with Crippen molar-refractivity contribution in [1.82, 2.24) is 5.32 Å². The molecule has 108 valence electrons. The number of unbranched alkanes of at least 4 members (excludes halogenated alkanes) is 7. The van der Waals surface area contributed by atoms with E-state index >= 15 is 0 Å². The molecule has 0 aromatic heterocycles. The molecule has 0 radical (unpaired) electrons. The van der Waals surface area contributed by atoms with Crippen LogP contribution in [-0.4, -0.2) is 28.5 Å². The first-order chi connectivity index (χ1) is 8.54. The van der Waals surface area contributed by atoms with E-state index < -0.39 is 11.7 Å². The van der Waals surface area contributed by atoms with E-state index in [0.717, 1.165) is 12.8 Å². The van der Waals surface area contributed by atoms with E-state index in [0.29, 0.717) is 13.0 Å². The number of likely N-dealkylation sites (N-methyl/N-ethyl adjacent to an activating group) is 1. The molecule has 0 fully saturated rings. The van der Waals surface area contributed by atoms with Crippen molar-refractivity contribution in [3.8, 4) is 0 Å². The summed E-state index contributed by atoms with van der Waals surface area (Å²) in [6.07, 6.45) is 9.16. The molecule has 0 heterocycles. The second-order valence-electron chi connectivity index (χ2n) is 4.90. The zero-order valence-corrected chi connectivity index (χ0v) is 11.9. The Morgan fingerprint density at radius 2 is 1.44 bits per heavy atom. The van der Waals surface area contributed by atoms with E-state index in [1.807, 2.05) is 0 Å². The first-order valence-electron chi connectivity index (χ1n) is 7.27. The van der Waals surface area contributed by atoms with Crippen LogP contribution in [0.25, 0.3) is 0 Å². The molecule has 4 nitrogen and oxygen atoms in total. The standard InChI is InChI=1S/C14H29NO3/c1-3-5-6-7-8-9-10-11-12-14(17,18)13(16)15-4-2/h17-18H,3-12H2,1-2H3,(H,15,16). The van der Waals surface area contributed by atoms with E-state index in [2.05, 4.69) is 12.2 Å². The van der Waals surface area contributed by atoms with Gasteiger partial charge in [0.2, 0.25) is 5.79 Å². The first kappa shape index (κ1) is 17.4. The molecule has 0 spiro atoms. The van der Waals surface area contributed by atoms with Crippen molar-refractivity contribution < 1.29 is 15.0 Å². The predicted molar refractivity (Wildman–Crippen MR) is 73.1 cm³/mol. The van der Waals surface area contributed by atoms with Crippen molar-refractivity contribution in [2.45, 2.75) is 77.4 Å². The highest BCUT2D eigenvalue weighted by molar-refractivity contribution is 5.82. The van der Waals surface area contributed by atoms with Crippen LogP contribution >= 0.6 is 0 Å². The van der Waals surface area contributed by atoms with Crippen LogP contribution in [0.1, 0.15) is 71.6 Å². The SMILES string of the molecule is CCCCCCCCCCC(O)(O)C(=O)NCC. The summed E-state index contributed by atoms with van der Waals surface area (Å²) >= 11 is 0. The Bertz CT molecular complexity index is 217. The van der Waals surface area contributed by atoms with Crippen LogP contribution in [0.4, 0.5) is 0 Å². The minimum atomic E-state index is -2.20. The Balaban J connectivity index is 3.49. The normalized spacial score (nSPS) is 11.6. The van der Waals surface area contributed by atoms with E-state index in [-0.39, 0.29) is 6.42 Å². The summed E-state index contributed by atoms with van der Waals surface area (Å²) < 4.78 is 0. The maximum Gasteiger partial charge on any atom is 0.279 e. The summed E-state index contributed by atoms with van der Waals surface area (Å²) in [5.41, 5.74) is 0. The fourth-order valence-corrected chi connectivity index (χ4v) is 1.92. The van der Waals surface area contributed by atoms with E-state index in [1.54, 1.807) is 6.92 Å². The van der Waals surface area contributed by atoms with Crippen LogP contribution in [0.3, 0.4) is 0 Å². The molecular weight excluding hydrogens is 230 g/mol. The zero-order valence-electron chi connectivity index (χ0n) is 11.9. The largest absolute Gasteiger partial charge is 0.358 e. The highest BCUT2D eigenvalue weighted by atomic mass is 16.5. The van der Waals surface area contributed by atoms with Gasteiger partial charge in [0, 0.05) is 13.0 Å². The molecular formula is C14H29NO3. The van der Waals surface area contributed by atoms with Gasteiger partial charge in [-0.25, -0.2) is 0 Å². The summed E-state index contributed by atoms with van der Waals surface area (Å²) in [6, 6.07) is 0. The topological polar surface area (TPSA) is 69.6 Å². The third-order valence-electron chi connectivity index (χ3n) is 3.08. The number of amides is 1. The summed E-state index contributed by atoms with van der Waals surface area (Å²) in [7, 11) is 0. The van der Waals surface area contributed by atoms with Gasteiger partial charge < -0.3 is 15.5 Å².